The van der Waals surface area contributed by atoms with E-state index in [-0.39, 0.29) is 16.3 Å². The minimum absolute atomic E-state index is 0.220. The lowest BCUT2D eigenvalue weighted by molar-refractivity contribution is 0.599. The summed E-state index contributed by atoms with van der Waals surface area (Å²) in [5, 5.41) is 0.261. The summed E-state index contributed by atoms with van der Waals surface area (Å²) in [5.74, 6) is -0.468. The van der Waals surface area contributed by atoms with Crippen molar-refractivity contribution in [2.24, 2.45) is 5.73 Å². The molecule has 0 aliphatic carbocycles. The molecule has 0 saturated heterocycles. The second-order valence-electron chi connectivity index (χ2n) is 4.61. The fourth-order valence-electron chi connectivity index (χ4n) is 2.27. The lowest BCUT2D eigenvalue weighted by Gasteiger charge is -2.16. The third kappa shape index (κ3) is 2.50. The molecule has 1 atom stereocenters. The van der Waals surface area contributed by atoms with Crippen LogP contribution in [0, 0.1) is 5.82 Å². The first-order valence-electron chi connectivity index (χ1n) is 6.08. The van der Waals surface area contributed by atoms with Crippen LogP contribution in [0.3, 0.4) is 0 Å². The number of hydrogen-bond acceptors (Lipinski definition) is 2. The van der Waals surface area contributed by atoms with Gasteiger partial charge in [-0.1, -0.05) is 33.6 Å². The Balaban J connectivity index is 2.19. The van der Waals surface area contributed by atoms with Crippen molar-refractivity contribution in [3.63, 3.8) is 0 Å². The van der Waals surface area contributed by atoms with Crippen LogP contribution in [0.1, 0.15) is 17.2 Å². The number of benzene rings is 2. The summed E-state index contributed by atoms with van der Waals surface area (Å²) < 4.78 is 14.7. The minimum Gasteiger partial charge on any atom is -0.320 e. The van der Waals surface area contributed by atoms with E-state index in [1.165, 1.54) is 12.1 Å². The summed E-state index contributed by atoms with van der Waals surface area (Å²) in [6, 6.07) is 7.09. The number of hydrogen-bond donors (Lipinski definition) is 3. The highest BCUT2D eigenvalue weighted by Crippen LogP contribution is 2.34. The molecular weight excluding hydrogens is 361 g/mol. The number of H-pyrrole nitrogens is 2. The van der Waals surface area contributed by atoms with Gasteiger partial charge in [-0.25, -0.2) is 9.18 Å². The normalized spacial score (nSPS) is 12.8. The number of halogens is 3. The molecule has 4 N–H and O–H groups in total. The zero-order valence-electron chi connectivity index (χ0n) is 10.6. The van der Waals surface area contributed by atoms with Gasteiger partial charge in [0, 0.05) is 15.1 Å². The molecule has 0 bridgehead atoms. The maximum atomic E-state index is 14.0. The van der Waals surface area contributed by atoms with E-state index in [0.717, 1.165) is 0 Å². The summed E-state index contributed by atoms with van der Waals surface area (Å²) in [6.45, 7) is 0. The SMILES string of the molecule is NC(c1cc2[nH]c(=O)[nH]c2cc1Br)c1c(F)cccc1Cl. The predicted octanol–water partition coefficient (Wildman–Crippen LogP) is 3.46. The van der Waals surface area contributed by atoms with E-state index in [2.05, 4.69) is 25.9 Å². The zero-order valence-corrected chi connectivity index (χ0v) is 12.9. The van der Waals surface area contributed by atoms with Crippen molar-refractivity contribution in [1.29, 1.82) is 0 Å². The number of nitrogens with two attached hydrogens (primary N) is 1. The Morgan fingerprint density at radius 1 is 1.24 bits per heavy atom. The highest BCUT2D eigenvalue weighted by Gasteiger charge is 2.20. The van der Waals surface area contributed by atoms with Gasteiger partial charge in [-0.3, -0.25) is 0 Å². The largest absolute Gasteiger partial charge is 0.323 e. The average Bonchev–Trinajstić information content (AvgIpc) is 2.76. The Labute approximate surface area is 132 Å². The van der Waals surface area contributed by atoms with Crippen LogP contribution >= 0.6 is 27.5 Å². The molecule has 0 aliphatic heterocycles. The third-order valence-corrected chi connectivity index (χ3v) is 4.30. The number of nitrogens with one attached hydrogen (secondary N) is 2. The van der Waals surface area contributed by atoms with Gasteiger partial charge in [-0.2, -0.15) is 0 Å². The Hall–Kier alpha value is -1.63. The molecule has 108 valence electrons. The van der Waals surface area contributed by atoms with E-state index in [0.29, 0.717) is 21.1 Å². The number of aromatic amines is 2. The third-order valence-electron chi connectivity index (χ3n) is 3.28. The van der Waals surface area contributed by atoms with Gasteiger partial charge in [0.1, 0.15) is 5.82 Å². The van der Waals surface area contributed by atoms with E-state index >= 15 is 0 Å². The molecule has 1 unspecified atom stereocenters. The van der Waals surface area contributed by atoms with Crippen LogP contribution in [0.5, 0.6) is 0 Å². The lowest BCUT2D eigenvalue weighted by atomic mass is 9.98. The maximum Gasteiger partial charge on any atom is 0.323 e. The van der Waals surface area contributed by atoms with Crippen LogP contribution in [0.4, 0.5) is 4.39 Å². The van der Waals surface area contributed by atoms with Crippen LogP contribution in [-0.4, -0.2) is 9.97 Å². The lowest BCUT2D eigenvalue weighted by Crippen LogP contribution is -2.15. The van der Waals surface area contributed by atoms with Crippen molar-refractivity contribution in [3.8, 4) is 0 Å². The molecule has 0 saturated carbocycles. The number of imidazole rings is 1. The van der Waals surface area contributed by atoms with E-state index < -0.39 is 11.9 Å². The van der Waals surface area contributed by atoms with Gasteiger partial charge in [-0.05, 0) is 29.8 Å². The topological polar surface area (TPSA) is 74.7 Å². The molecule has 1 aromatic heterocycles. The van der Waals surface area contributed by atoms with Crippen molar-refractivity contribution >= 4 is 38.6 Å². The first kappa shape index (κ1) is 14.3. The van der Waals surface area contributed by atoms with Gasteiger partial charge in [0.05, 0.1) is 17.1 Å². The zero-order chi connectivity index (χ0) is 15.1. The molecule has 21 heavy (non-hydrogen) atoms. The highest BCUT2D eigenvalue weighted by molar-refractivity contribution is 9.10. The Morgan fingerprint density at radius 2 is 1.90 bits per heavy atom. The van der Waals surface area contributed by atoms with Crippen LogP contribution < -0.4 is 11.4 Å². The predicted molar refractivity (Wildman–Crippen MR) is 84.1 cm³/mol. The van der Waals surface area contributed by atoms with Gasteiger partial charge >= 0.3 is 5.69 Å². The second kappa shape index (κ2) is 5.29. The number of aromatic nitrogens is 2. The Bertz CT molecular complexity index is 869. The number of rotatable bonds is 2. The smallest absolute Gasteiger partial charge is 0.320 e. The molecule has 0 fully saturated rings. The molecule has 2 aromatic carbocycles. The fraction of sp³-hybridized carbons (Fsp3) is 0.0714. The van der Waals surface area contributed by atoms with Crippen molar-refractivity contribution < 1.29 is 4.39 Å². The molecule has 0 radical (unpaired) electrons. The first-order valence-corrected chi connectivity index (χ1v) is 7.25. The number of fused-ring (bicyclic) bond motifs is 1. The molecule has 1 heterocycles. The molecule has 0 spiro atoms. The molecule has 4 nitrogen and oxygen atoms in total. The first-order chi connectivity index (χ1) is 9.97. The van der Waals surface area contributed by atoms with Crippen molar-refractivity contribution in [2.45, 2.75) is 6.04 Å². The van der Waals surface area contributed by atoms with Gasteiger partial charge in [0.15, 0.2) is 0 Å². The van der Waals surface area contributed by atoms with Gasteiger partial charge in [0.25, 0.3) is 0 Å². The molecule has 7 heteroatoms. The molecule has 3 rings (SSSR count). The van der Waals surface area contributed by atoms with E-state index in [1.807, 2.05) is 0 Å². The van der Waals surface area contributed by atoms with Gasteiger partial charge in [0.2, 0.25) is 0 Å². The summed E-state index contributed by atoms with van der Waals surface area (Å²) in [6.07, 6.45) is 0. The van der Waals surface area contributed by atoms with Crippen LogP contribution in [-0.2, 0) is 0 Å². The van der Waals surface area contributed by atoms with Crippen LogP contribution in [0.2, 0.25) is 5.02 Å². The Kier molecular flexibility index (Phi) is 3.61. The summed E-state index contributed by atoms with van der Waals surface area (Å²) >= 11 is 9.44. The Morgan fingerprint density at radius 3 is 2.57 bits per heavy atom. The molecule has 0 amide bonds. The van der Waals surface area contributed by atoms with Gasteiger partial charge in [-0.15, -0.1) is 0 Å². The van der Waals surface area contributed by atoms with Crippen LogP contribution in [0.25, 0.3) is 11.0 Å². The molecular formula is C14H10BrClFN3O. The fourth-order valence-corrected chi connectivity index (χ4v) is 3.14. The van der Waals surface area contributed by atoms with Crippen molar-refractivity contribution in [1.82, 2.24) is 9.97 Å². The van der Waals surface area contributed by atoms with E-state index in [4.69, 9.17) is 17.3 Å². The van der Waals surface area contributed by atoms with E-state index in [9.17, 15) is 9.18 Å². The average molecular weight is 371 g/mol. The molecule has 0 aliphatic rings. The summed E-state index contributed by atoms with van der Waals surface area (Å²) in [5.41, 5.74) is 7.93. The standard InChI is InChI=1S/C14H10BrClFN3O/c15-7-5-11-10(19-14(21)20-11)4-6(7)13(18)12-8(16)2-1-3-9(12)17/h1-5,13H,18H2,(H2,19,20,21). The second-order valence-corrected chi connectivity index (χ2v) is 5.87. The minimum atomic E-state index is -0.754. The maximum absolute atomic E-state index is 14.0. The van der Waals surface area contributed by atoms with Crippen molar-refractivity contribution in [3.05, 3.63) is 67.3 Å². The molecule has 3 aromatic rings. The quantitative estimate of drug-likeness (QED) is 0.646. The van der Waals surface area contributed by atoms with Gasteiger partial charge < -0.3 is 15.7 Å². The summed E-state index contributed by atoms with van der Waals surface area (Å²) in [4.78, 5) is 16.6. The summed E-state index contributed by atoms with van der Waals surface area (Å²) in [7, 11) is 0. The van der Waals surface area contributed by atoms with Crippen molar-refractivity contribution in [2.75, 3.05) is 0 Å². The highest BCUT2D eigenvalue weighted by atomic mass is 79.9. The monoisotopic (exact) mass is 369 g/mol. The van der Waals surface area contributed by atoms with Crippen LogP contribution in [0.15, 0.2) is 39.6 Å². The van der Waals surface area contributed by atoms with E-state index in [1.54, 1.807) is 18.2 Å².